The van der Waals surface area contributed by atoms with Gasteiger partial charge >= 0.3 is 0 Å². The third-order valence-corrected chi connectivity index (χ3v) is 2.79. The number of nitrogens with zero attached hydrogens (tertiary/aromatic N) is 2. The molecule has 0 saturated heterocycles. The van der Waals surface area contributed by atoms with E-state index < -0.39 is 6.10 Å². The summed E-state index contributed by atoms with van der Waals surface area (Å²) < 4.78 is 0. The molecule has 0 aliphatic carbocycles. The maximum Gasteiger partial charge on any atom is 0.255 e. The Morgan fingerprint density at radius 2 is 2.24 bits per heavy atom. The van der Waals surface area contributed by atoms with E-state index in [9.17, 15) is 4.79 Å². The summed E-state index contributed by atoms with van der Waals surface area (Å²) in [5, 5.41) is 9.65. The molecule has 0 aliphatic heterocycles. The number of hydrogen-bond donors (Lipinski definition) is 1. The van der Waals surface area contributed by atoms with E-state index in [-0.39, 0.29) is 16.1 Å². The van der Waals surface area contributed by atoms with Crippen LogP contribution in [0.15, 0.2) is 12.3 Å². The molecule has 0 radical (unpaired) electrons. The average molecular weight is 277 g/mol. The highest BCUT2D eigenvalue weighted by atomic mass is 35.5. The summed E-state index contributed by atoms with van der Waals surface area (Å²) in [4.78, 5) is 17.3. The summed E-state index contributed by atoms with van der Waals surface area (Å²) in [5.41, 5.74) is 0.319. The van der Waals surface area contributed by atoms with Gasteiger partial charge in [-0.2, -0.15) is 0 Å². The van der Waals surface area contributed by atoms with Gasteiger partial charge in [0.1, 0.15) is 5.15 Å². The highest BCUT2D eigenvalue weighted by molar-refractivity contribution is 6.35. The number of rotatable bonds is 4. The molecule has 1 aromatic heterocycles. The molecule has 1 atom stereocenters. The van der Waals surface area contributed by atoms with Crippen molar-refractivity contribution in [2.24, 2.45) is 0 Å². The zero-order chi connectivity index (χ0) is 13.0. The van der Waals surface area contributed by atoms with Crippen molar-refractivity contribution in [1.29, 1.82) is 0 Å². The minimum atomic E-state index is -0.443. The average Bonchev–Trinajstić information content (AvgIpc) is 2.28. The topological polar surface area (TPSA) is 53.4 Å². The number of amides is 1. The van der Waals surface area contributed by atoms with Crippen LogP contribution in [0.2, 0.25) is 10.2 Å². The molecule has 0 aromatic carbocycles. The lowest BCUT2D eigenvalue weighted by molar-refractivity contribution is 0.0769. The van der Waals surface area contributed by atoms with E-state index >= 15 is 0 Å². The van der Waals surface area contributed by atoms with Crippen molar-refractivity contribution in [2.75, 3.05) is 13.6 Å². The smallest absolute Gasteiger partial charge is 0.255 e. The second-order valence-corrected chi connectivity index (χ2v) is 4.65. The molecule has 0 spiro atoms. The minimum absolute atomic E-state index is 0.224. The Kier molecular flexibility index (Phi) is 5.18. The second-order valence-electron chi connectivity index (χ2n) is 3.85. The first-order valence-electron chi connectivity index (χ1n) is 5.16. The molecule has 0 saturated carbocycles. The molecule has 0 bridgehead atoms. The van der Waals surface area contributed by atoms with Crippen LogP contribution in [0.3, 0.4) is 0 Å². The fraction of sp³-hybridized carbons (Fsp3) is 0.455. The maximum atomic E-state index is 12.0. The van der Waals surface area contributed by atoms with Crippen molar-refractivity contribution in [3.63, 3.8) is 0 Å². The van der Waals surface area contributed by atoms with E-state index in [4.69, 9.17) is 28.3 Å². The lowest BCUT2D eigenvalue weighted by Crippen LogP contribution is -2.29. The zero-order valence-corrected chi connectivity index (χ0v) is 11.2. The van der Waals surface area contributed by atoms with Crippen LogP contribution in [0.1, 0.15) is 23.7 Å². The molecule has 1 unspecified atom stereocenters. The zero-order valence-electron chi connectivity index (χ0n) is 9.65. The molecule has 0 fully saturated rings. The third-order valence-electron chi connectivity index (χ3n) is 2.28. The number of aliphatic hydroxyl groups is 1. The molecule has 1 aromatic rings. The number of carbonyl (C=O) groups is 1. The van der Waals surface area contributed by atoms with Gasteiger partial charge in [-0.1, -0.05) is 23.2 Å². The van der Waals surface area contributed by atoms with Crippen molar-refractivity contribution in [3.8, 4) is 0 Å². The van der Waals surface area contributed by atoms with Gasteiger partial charge in [-0.25, -0.2) is 4.98 Å². The van der Waals surface area contributed by atoms with E-state index in [1.165, 1.54) is 17.2 Å². The van der Waals surface area contributed by atoms with E-state index in [1.807, 2.05) is 0 Å². The Morgan fingerprint density at radius 3 is 2.82 bits per heavy atom. The van der Waals surface area contributed by atoms with Crippen LogP contribution in [0, 0.1) is 0 Å². The normalized spacial score (nSPS) is 12.3. The van der Waals surface area contributed by atoms with E-state index in [0.717, 1.165) is 0 Å². The monoisotopic (exact) mass is 276 g/mol. The van der Waals surface area contributed by atoms with Crippen LogP contribution >= 0.6 is 23.2 Å². The molecule has 1 N–H and O–H groups in total. The van der Waals surface area contributed by atoms with E-state index in [1.54, 1.807) is 14.0 Å². The Morgan fingerprint density at radius 1 is 1.59 bits per heavy atom. The van der Waals surface area contributed by atoms with Crippen molar-refractivity contribution < 1.29 is 9.90 Å². The molecule has 1 amide bonds. The first-order chi connectivity index (χ1) is 7.91. The van der Waals surface area contributed by atoms with E-state index in [0.29, 0.717) is 18.5 Å². The molecule has 94 valence electrons. The second kappa shape index (κ2) is 6.19. The van der Waals surface area contributed by atoms with Gasteiger partial charge in [0.05, 0.1) is 16.7 Å². The van der Waals surface area contributed by atoms with Crippen molar-refractivity contribution in [2.45, 2.75) is 19.4 Å². The van der Waals surface area contributed by atoms with Crippen LogP contribution in [0.5, 0.6) is 0 Å². The number of halogens is 2. The Bertz CT molecular complexity index is 410. The summed E-state index contributed by atoms with van der Waals surface area (Å²) in [5.74, 6) is -0.236. The summed E-state index contributed by atoms with van der Waals surface area (Å²) in [6.45, 7) is 2.13. The summed E-state index contributed by atoms with van der Waals surface area (Å²) in [6, 6.07) is 1.44. The summed E-state index contributed by atoms with van der Waals surface area (Å²) >= 11 is 11.6. The SMILES string of the molecule is CC(O)CCN(C)C(=O)c1cc(Cl)ncc1Cl. The fourth-order valence-corrected chi connectivity index (χ4v) is 1.61. The van der Waals surface area contributed by atoms with Crippen LogP contribution in [0.4, 0.5) is 0 Å². The lowest BCUT2D eigenvalue weighted by Gasteiger charge is -2.18. The van der Waals surface area contributed by atoms with Crippen molar-refractivity contribution in [3.05, 3.63) is 28.0 Å². The predicted molar refractivity (Wildman–Crippen MR) is 67.5 cm³/mol. The first kappa shape index (κ1) is 14.2. The number of pyridine rings is 1. The number of aromatic nitrogens is 1. The van der Waals surface area contributed by atoms with Crippen molar-refractivity contribution in [1.82, 2.24) is 9.88 Å². The molecular weight excluding hydrogens is 263 g/mol. The molecule has 17 heavy (non-hydrogen) atoms. The van der Waals surface area contributed by atoms with Crippen LogP contribution in [-0.2, 0) is 0 Å². The quantitative estimate of drug-likeness (QED) is 0.859. The largest absolute Gasteiger partial charge is 0.393 e. The predicted octanol–water partition coefficient (Wildman–Crippen LogP) is 2.23. The van der Waals surface area contributed by atoms with Crippen LogP contribution in [0.25, 0.3) is 0 Å². The highest BCUT2D eigenvalue weighted by Crippen LogP contribution is 2.19. The summed E-state index contributed by atoms with van der Waals surface area (Å²) in [7, 11) is 1.65. The summed E-state index contributed by atoms with van der Waals surface area (Å²) in [6.07, 6.45) is 1.42. The lowest BCUT2D eigenvalue weighted by atomic mass is 10.2. The number of hydrogen-bond acceptors (Lipinski definition) is 3. The van der Waals surface area contributed by atoms with Crippen LogP contribution < -0.4 is 0 Å². The number of aliphatic hydroxyl groups excluding tert-OH is 1. The van der Waals surface area contributed by atoms with Gasteiger partial charge < -0.3 is 10.0 Å². The Balaban J connectivity index is 2.78. The highest BCUT2D eigenvalue weighted by Gasteiger charge is 2.16. The van der Waals surface area contributed by atoms with Gasteiger partial charge in [-0.15, -0.1) is 0 Å². The standard InChI is InChI=1S/C11H14Cl2N2O2/c1-7(16)3-4-15(2)11(17)8-5-10(13)14-6-9(8)12/h5-7,16H,3-4H2,1-2H3. The van der Waals surface area contributed by atoms with Gasteiger partial charge in [0.15, 0.2) is 0 Å². The third kappa shape index (κ3) is 4.15. The molecule has 1 rings (SSSR count). The molecular formula is C11H14Cl2N2O2. The van der Waals surface area contributed by atoms with Crippen LogP contribution in [-0.4, -0.2) is 40.6 Å². The van der Waals surface area contributed by atoms with Gasteiger partial charge in [-0.3, -0.25) is 4.79 Å². The van der Waals surface area contributed by atoms with Gasteiger partial charge in [0.25, 0.3) is 5.91 Å². The minimum Gasteiger partial charge on any atom is -0.393 e. The first-order valence-corrected chi connectivity index (χ1v) is 5.92. The van der Waals surface area contributed by atoms with Crippen molar-refractivity contribution >= 4 is 29.1 Å². The Labute approximate surface area is 110 Å². The van der Waals surface area contributed by atoms with Gasteiger partial charge in [0.2, 0.25) is 0 Å². The Hall–Kier alpha value is -0.840. The maximum absolute atomic E-state index is 12.0. The fourth-order valence-electron chi connectivity index (χ4n) is 1.26. The van der Waals surface area contributed by atoms with E-state index in [2.05, 4.69) is 4.98 Å². The number of carbonyl (C=O) groups excluding carboxylic acids is 1. The molecule has 1 heterocycles. The molecule has 4 nitrogen and oxygen atoms in total. The van der Waals surface area contributed by atoms with Gasteiger partial charge in [-0.05, 0) is 19.4 Å². The molecule has 6 heteroatoms. The van der Waals surface area contributed by atoms with Gasteiger partial charge in [0, 0.05) is 19.8 Å². The molecule has 0 aliphatic rings.